The van der Waals surface area contributed by atoms with Gasteiger partial charge in [0.1, 0.15) is 0 Å². The summed E-state index contributed by atoms with van der Waals surface area (Å²) in [6.45, 7) is 0. The lowest BCUT2D eigenvalue weighted by molar-refractivity contribution is -0.0399. The molecular weight excluding hydrogens is 713 g/mol. The molecule has 7 aromatic carbocycles. The third-order valence-corrected chi connectivity index (χ3v) is 16.7. The Bertz CT molecular complexity index is 2950. The van der Waals surface area contributed by atoms with Crippen LogP contribution in [0.5, 0.6) is 0 Å². The maximum atomic E-state index is 2.67. The van der Waals surface area contributed by atoms with E-state index in [-0.39, 0.29) is 10.8 Å². The van der Waals surface area contributed by atoms with E-state index in [0.717, 1.165) is 23.7 Å². The molecule has 8 aromatic rings. The van der Waals surface area contributed by atoms with Crippen molar-refractivity contribution in [3.05, 3.63) is 180 Å². The Morgan fingerprint density at radius 1 is 0.424 bits per heavy atom. The van der Waals surface area contributed by atoms with Crippen LogP contribution in [0.25, 0.3) is 49.7 Å². The van der Waals surface area contributed by atoms with Crippen LogP contribution in [0.4, 0.5) is 17.1 Å². The summed E-state index contributed by atoms with van der Waals surface area (Å²) in [6.07, 6.45) is 12.1. The van der Waals surface area contributed by atoms with E-state index in [1.54, 1.807) is 16.7 Å². The number of nitrogens with zero attached hydrogens (tertiary/aromatic N) is 2. The fourth-order valence-electron chi connectivity index (χ4n) is 14.8. The number of anilines is 3. The Hall–Kier alpha value is -5.86. The highest BCUT2D eigenvalue weighted by Crippen LogP contribution is 2.70. The number of benzene rings is 7. The van der Waals surface area contributed by atoms with Gasteiger partial charge in [-0.3, -0.25) is 0 Å². The van der Waals surface area contributed by atoms with E-state index in [2.05, 4.69) is 167 Å². The lowest BCUT2D eigenvalue weighted by atomic mass is 9.43. The van der Waals surface area contributed by atoms with E-state index >= 15 is 0 Å². The smallest absolute Gasteiger partial charge is 0.0541 e. The van der Waals surface area contributed by atoms with E-state index in [1.807, 2.05) is 0 Å². The average molecular weight is 761 g/mol. The fourth-order valence-corrected chi connectivity index (χ4v) is 14.8. The van der Waals surface area contributed by atoms with Gasteiger partial charge in [-0.25, -0.2) is 0 Å². The first-order valence-corrected chi connectivity index (χ1v) is 22.6. The zero-order valence-electron chi connectivity index (χ0n) is 33.6. The molecule has 0 saturated heterocycles. The van der Waals surface area contributed by atoms with Gasteiger partial charge in [-0.2, -0.15) is 0 Å². The first kappa shape index (κ1) is 33.0. The number of para-hydroxylation sites is 2. The molecule has 1 heterocycles. The van der Waals surface area contributed by atoms with Gasteiger partial charge in [0.2, 0.25) is 0 Å². The molecule has 286 valence electrons. The van der Waals surface area contributed by atoms with E-state index in [4.69, 9.17) is 0 Å². The molecule has 7 aliphatic rings. The van der Waals surface area contributed by atoms with Crippen molar-refractivity contribution in [3.8, 4) is 27.9 Å². The van der Waals surface area contributed by atoms with Gasteiger partial charge in [0, 0.05) is 44.4 Å². The number of aromatic nitrogens is 1. The largest absolute Gasteiger partial charge is 0.310 e. The molecule has 7 aliphatic carbocycles. The highest BCUT2D eigenvalue weighted by Gasteiger charge is 2.61. The number of fused-ring (bicyclic) bond motifs is 11. The van der Waals surface area contributed by atoms with Gasteiger partial charge >= 0.3 is 0 Å². The summed E-state index contributed by atoms with van der Waals surface area (Å²) in [5, 5.41) is 2.60. The monoisotopic (exact) mass is 760 g/mol. The highest BCUT2D eigenvalue weighted by molar-refractivity contribution is 6.09. The number of hydrogen-bond acceptors (Lipinski definition) is 1. The molecule has 0 radical (unpaired) electrons. The minimum absolute atomic E-state index is 0.109. The summed E-state index contributed by atoms with van der Waals surface area (Å²) in [5.41, 5.74) is 19.8. The van der Waals surface area contributed by atoms with Crippen LogP contribution >= 0.6 is 0 Å². The third kappa shape index (κ3) is 4.27. The summed E-state index contributed by atoms with van der Waals surface area (Å²) in [5.74, 6) is 3.31. The second kappa shape index (κ2) is 11.9. The van der Waals surface area contributed by atoms with Gasteiger partial charge in [-0.15, -0.1) is 0 Å². The van der Waals surface area contributed by atoms with Crippen molar-refractivity contribution in [1.29, 1.82) is 0 Å². The number of rotatable bonds is 4. The van der Waals surface area contributed by atoms with Gasteiger partial charge < -0.3 is 9.47 Å². The van der Waals surface area contributed by atoms with Crippen molar-refractivity contribution in [2.45, 2.75) is 68.6 Å². The zero-order valence-corrected chi connectivity index (χ0v) is 33.6. The van der Waals surface area contributed by atoms with Crippen LogP contribution in [-0.2, 0) is 10.8 Å². The van der Waals surface area contributed by atoms with Crippen LogP contribution in [0.3, 0.4) is 0 Å². The van der Waals surface area contributed by atoms with Gasteiger partial charge in [0.05, 0.1) is 11.0 Å². The zero-order chi connectivity index (χ0) is 38.5. The SMILES string of the molecule is c1ccc2c(c1)-c1ccc(N(c3ccc(-n4c5ccccc5c5ccccc54)cc3)c3ccc4c(c3)C3(c5ccccc5-4)C4CC5CC(C4)CC3C5)cc1C21CCCC1. The number of hydrogen-bond donors (Lipinski definition) is 0. The first-order valence-electron chi connectivity index (χ1n) is 22.6. The summed E-state index contributed by atoms with van der Waals surface area (Å²) < 4.78 is 2.44. The molecule has 0 amide bonds. The molecule has 0 aliphatic heterocycles. The Morgan fingerprint density at radius 3 is 1.56 bits per heavy atom. The van der Waals surface area contributed by atoms with Gasteiger partial charge in [0.15, 0.2) is 0 Å². The Morgan fingerprint density at radius 2 is 0.915 bits per heavy atom. The molecule has 2 heteroatoms. The maximum absolute atomic E-state index is 2.67. The first-order chi connectivity index (χ1) is 29.2. The van der Waals surface area contributed by atoms with Crippen LogP contribution < -0.4 is 4.90 Å². The summed E-state index contributed by atoms with van der Waals surface area (Å²) in [7, 11) is 0. The van der Waals surface area contributed by atoms with Gasteiger partial charge in [-0.1, -0.05) is 110 Å². The summed E-state index contributed by atoms with van der Waals surface area (Å²) >= 11 is 0. The van der Waals surface area contributed by atoms with Crippen molar-refractivity contribution in [2.75, 3.05) is 4.90 Å². The van der Waals surface area contributed by atoms with E-state index in [1.165, 1.54) is 130 Å². The Labute approximate surface area is 347 Å². The maximum Gasteiger partial charge on any atom is 0.0541 e. The van der Waals surface area contributed by atoms with Crippen LogP contribution in [0, 0.1) is 23.7 Å². The Kier molecular flexibility index (Phi) is 6.65. The molecule has 15 rings (SSSR count). The van der Waals surface area contributed by atoms with E-state index < -0.39 is 0 Å². The second-order valence-electron chi connectivity index (χ2n) is 19.2. The standard InChI is InChI=1S/C57H48N2/c1-5-15-50-44(11-1)46-25-23-42(34-52(46)56(50)27-9-10-28-56)58(40-19-21-41(22-20-40)59-54-17-7-3-13-48(54)49-14-4-8-18-55(49)59)43-24-26-47-45-12-2-6-16-51(45)57(53(47)35-43)38-30-36-29-37(32-38)33-39(57)31-36/h1-8,11-26,34-39H,9-10,27-33H2. The van der Waals surface area contributed by atoms with Gasteiger partial charge in [0.25, 0.3) is 0 Å². The molecule has 0 atom stereocenters. The molecule has 5 fully saturated rings. The normalized spacial score (nSPS) is 24.9. The summed E-state index contributed by atoms with van der Waals surface area (Å²) in [6, 6.07) is 61.1. The van der Waals surface area contributed by atoms with Crippen LogP contribution in [0.15, 0.2) is 158 Å². The van der Waals surface area contributed by atoms with Crippen LogP contribution in [0.1, 0.15) is 80.0 Å². The molecule has 0 unspecified atom stereocenters. The lowest BCUT2D eigenvalue weighted by Crippen LogP contribution is -2.55. The van der Waals surface area contributed by atoms with Gasteiger partial charge in [-0.05, 0) is 174 Å². The molecular formula is C57H48N2. The highest BCUT2D eigenvalue weighted by atomic mass is 15.1. The fraction of sp³-hybridized carbons (Fsp3) is 0.263. The van der Waals surface area contributed by atoms with Crippen molar-refractivity contribution in [1.82, 2.24) is 4.57 Å². The molecule has 1 aromatic heterocycles. The summed E-state index contributed by atoms with van der Waals surface area (Å²) in [4.78, 5) is 2.61. The molecule has 4 bridgehead atoms. The predicted octanol–water partition coefficient (Wildman–Crippen LogP) is 14.8. The van der Waals surface area contributed by atoms with Crippen molar-refractivity contribution < 1.29 is 0 Å². The molecule has 2 spiro atoms. The van der Waals surface area contributed by atoms with Crippen molar-refractivity contribution in [3.63, 3.8) is 0 Å². The molecule has 59 heavy (non-hydrogen) atoms. The average Bonchev–Trinajstić information content (AvgIpc) is 4.04. The molecule has 0 N–H and O–H groups in total. The third-order valence-electron chi connectivity index (χ3n) is 16.7. The van der Waals surface area contributed by atoms with Crippen LogP contribution in [0.2, 0.25) is 0 Å². The lowest BCUT2D eigenvalue weighted by Gasteiger charge is -2.61. The quantitative estimate of drug-likeness (QED) is 0.173. The topological polar surface area (TPSA) is 8.17 Å². The Balaban J connectivity index is 0.971. The molecule has 2 nitrogen and oxygen atoms in total. The van der Waals surface area contributed by atoms with Crippen molar-refractivity contribution >= 4 is 38.9 Å². The van der Waals surface area contributed by atoms with Crippen molar-refractivity contribution in [2.24, 2.45) is 23.7 Å². The minimum Gasteiger partial charge on any atom is -0.310 e. The molecule has 5 saturated carbocycles. The second-order valence-corrected chi connectivity index (χ2v) is 19.2. The van der Waals surface area contributed by atoms with E-state index in [0.29, 0.717) is 0 Å². The van der Waals surface area contributed by atoms with Crippen LogP contribution in [-0.4, -0.2) is 4.57 Å². The minimum atomic E-state index is 0.109. The predicted molar refractivity (Wildman–Crippen MR) is 243 cm³/mol. The van der Waals surface area contributed by atoms with E-state index in [9.17, 15) is 0 Å².